The first-order valence-electron chi connectivity index (χ1n) is 7.89. The van der Waals surface area contributed by atoms with Gasteiger partial charge in [-0.2, -0.15) is 10.5 Å². The Morgan fingerprint density at radius 2 is 1.23 bits per heavy atom. The number of carbonyl (C=O) groups excluding carboxylic acids is 2. The van der Waals surface area contributed by atoms with Crippen LogP contribution in [-0.4, -0.2) is 19.2 Å². The lowest BCUT2D eigenvalue weighted by Gasteiger charge is -2.17. The molecule has 3 rings (SSSR count). The van der Waals surface area contributed by atoms with E-state index in [1.165, 1.54) is 0 Å². The van der Waals surface area contributed by atoms with E-state index in [2.05, 4.69) is 0 Å². The average molecular weight is 567 g/mol. The summed E-state index contributed by atoms with van der Waals surface area (Å²) in [5.41, 5.74) is -0.0847. The van der Waals surface area contributed by atoms with Gasteiger partial charge >= 0.3 is 0 Å². The second kappa shape index (κ2) is 10.4. The van der Waals surface area contributed by atoms with Crippen LogP contribution in [0.2, 0.25) is 20.1 Å². The van der Waals surface area contributed by atoms with Gasteiger partial charge in [0, 0.05) is 11.9 Å². The van der Waals surface area contributed by atoms with E-state index in [0.29, 0.717) is 24.8 Å². The van der Waals surface area contributed by atoms with Gasteiger partial charge in [0.05, 0.1) is 43.1 Å². The molecule has 0 aromatic heterocycles. The van der Waals surface area contributed by atoms with Crippen LogP contribution in [0.5, 0.6) is 0 Å². The summed E-state index contributed by atoms with van der Waals surface area (Å²) in [5.74, 6) is -1.07. The zero-order valence-corrected chi connectivity index (χ0v) is 20.5. The molecular formula is C17H8Cl7N3O2S. The molecule has 0 bridgehead atoms. The monoisotopic (exact) mass is 563 g/mol. The molecule has 0 saturated carbocycles. The fourth-order valence-electron chi connectivity index (χ4n) is 2.79. The molecule has 1 aromatic rings. The van der Waals surface area contributed by atoms with Crippen LogP contribution in [0.25, 0.3) is 0 Å². The number of nitriles is 2. The molecule has 2 aliphatic rings. The van der Waals surface area contributed by atoms with Crippen molar-refractivity contribution >= 4 is 105 Å². The maximum absolute atomic E-state index is 11.9. The van der Waals surface area contributed by atoms with Crippen molar-refractivity contribution in [3.8, 4) is 12.1 Å². The number of benzene rings is 1. The summed E-state index contributed by atoms with van der Waals surface area (Å²) in [6.45, 7) is 0. The summed E-state index contributed by atoms with van der Waals surface area (Å²) < 4.78 is -0.693. The van der Waals surface area contributed by atoms with Crippen LogP contribution in [0.4, 0.5) is 0 Å². The molecule has 1 aliphatic carbocycles. The van der Waals surface area contributed by atoms with Crippen molar-refractivity contribution in [2.75, 3.05) is 0 Å². The third-order valence-corrected chi connectivity index (χ3v) is 7.22. The molecular weight excluding hydrogens is 558 g/mol. The molecule has 0 radical (unpaired) electrons. The first kappa shape index (κ1) is 25.7. The van der Waals surface area contributed by atoms with Gasteiger partial charge in [-0.05, 0) is 12.8 Å². The summed E-state index contributed by atoms with van der Waals surface area (Å²) in [5, 5.41) is 17.2. The molecule has 2 amide bonds. The minimum Gasteiger partial charge on any atom is -0.273 e. The molecule has 2 atom stereocenters. The highest BCUT2D eigenvalue weighted by atomic mass is 35.6. The van der Waals surface area contributed by atoms with Gasteiger partial charge in [-0.15, -0.1) is 0 Å². The van der Waals surface area contributed by atoms with Crippen molar-refractivity contribution in [3.05, 3.63) is 43.4 Å². The van der Waals surface area contributed by atoms with Crippen LogP contribution in [0.3, 0.4) is 0 Å². The lowest BCUT2D eigenvalue weighted by atomic mass is 9.85. The van der Waals surface area contributed by atoms with Crippen LogP contribution in [0, 0.1) is 34.5 Å². The van der Waals surface area contributed by atoms with Crippen LogP contribution >= 0.6 is 93.2 Å². The number of amides is 2. The van der Waals surface area contributed by atoms with Crippen LogP contribution in [-0.2, 0) is 9.59 Å². The van der Waals surface area contributed by atoms with E-state index in [-0.39, 0.29) is 54.9 Å². The van der Waals surface area contributed by atoms with E-state index >= 15 is 0 Å². The molecule has 1 saturated heterocycles. The number of halogens is 7. The van der Waals surface area contributed by atoms with Gasteiger partial charge in [0.2, 0.25) is 11.8 Å². The zero-order chi connectivity index (χ0) is 22.8. The van der Waals surface area contributed by atoms with Crippen molar-refractivity contribution in [2.24, 2.45) is 11.8 Å². The number of nitrogens with zero attached hydrogens (tertiary/aromatic N) is 3. The van der Waals surface area contributed by atoms with Gasteiger partial charge < -0.3 is 0 Å². The van der Waals surface area contributed by atoms with Gasteiger partial charge in [0.1, 0.15) is 12.1 Å². The summed E-state index contributed by atoms with van der Waals surface area (Å²) in [6, 6.07) is 3.50. The molecule has 0 N–H and O–H groups in total. The SMILES string of the molecule is N#Cc1c(Cl)c(Cl)c(Cl)c(C#N)c1Cl.O=C1C2CC=CCC2C(=O)N1SC(Cl)(Cl)Cl. The Morgan fingerprint density at radius 3 is 1.57 bits per heavy atom. The highest BCUT2D eigenvalue weighted by Crippen LogP contribution is 2.46. The molecule has 158 valence electrons. The summed E-state index contributed by atoms with van der Waals surface area (Å²) in [6.07, 6.45) is 5.00. The summed E-state index contributed by atoms with van der Waals surface area (Å²) in [4.78, 5) is 23.8. The van der Waals surface area contributed by atoms with E-state index in [1.54, 1.807) is 12.1 Å². The van der Waals surface area contributed by atoms with Crippen molar-refractivity contribution in [1.29, 1.82) is 10.5 Å². The van der Waals surface area contributed by atoms with Crippen LogP contribution < -0.4 is 0 Å². The molecule has 1 heterocycles. The third kappa shape index (κ3) is 5.44. The Balaban J connectivity index is 0.000000216. The topological polar surface area (TPSA) is 85.0 Å². The fraction of sp³-hybridized carbons (Fsp3) is 0.294. The predicted octanol–water partition coefficient (Wildman–Crippen LogP) is 6.96. The van der Waals surface area contributed by atoms with Crippen molar-refractivity contribution < 1.29 is 9.59 Å². The van der Waals surface area contributed by atoms with E-state index in [4.69, 9.17) is 91.7 Å². The van der Waals surface area contributed by atoms with Crippen molar-refractivity contribution in [2.45, 2.75) is 16.0 Å². The van der Waals surface area contributed by atoms with E-state index in [1.807, 2.05) is 12.2 Å². The lowest BCUT2D eigenvalue weighted by Crippen LogP contribution is -2.26. The summed E-state index contributed by atoms with van der Waals surface area (Å²) >= 11 is 40.2. The molecule has 13 heteroatoms. The number of alkyl halides is 3. The van der Waals surface area contributed by atoms with Gasteiger partial charge in [-0.25, -0.2) is 4.31 Å². The van der Waals surface area contributed by atoms with Crippen LogP contribution in [0.1, 0.15) is 24.0 Å². The zero-order valence-electron chi connectivity index (χ0n) is 14.4. The van der Waals surface area contributed by atoms with Crippen molar-refractivity contribution in [1.82, 2.24) is 4.31 Å². The average Bonchev–Trinajstić information content (AvgIpc) is 2.92. The normalized spacial score (nSPS) is 20.2. The van der Waals surface area contributed by atoms with Gasteiger partial charge in [-0.1, -0.05) is 93.4 Å². The number of allylic oxidation sites excluding steroid dienone is 2. The highest BCUT2D eigenvalue weighted by molar-refractivity contribution is 8.03. The van der Waals surface area contributed by atoms with E-state index in [9.17, 15) is 9.59 Å². The minimum absolute atomic E-state index is 0.0363. The quantitative estimate of drug-likeness (QED) is 0.0917. The third-order valence-electron chi connectivity index (χ3n) is 4.15. The molecule has 1 fully saturated rings. The Hall–Kier alpha value is -0.540. The van der Waals surface area contributed by atoms with Gasteiger partial charge in [0.15, 0.2) is 0 Å². The molecule has 0 spiro atoms. The second-order valence-corrected chi connectivity index (χ2v) is 11.5. The second-order valence-electron chi connectivity index (χ2n) is 5.89. The Kier molecular flexibility index (Phi) is 8.90. The Morgan fingerprint density at radius 1 is 0.833 bits per heavy atom. The van der Waals surface area contributed by atoms with Crippen molar-refractivity contribution in [3.63, 3.8) is 0 Å². The molecule has 2 unspecified atom stereocenters. The smallest absolute Gasteiger partial charge is 0.256 e. The fourth-order valence-corrected chi connectivity index (χ4v) is 5.14. The number of hydrogen-bond donors (Lipinski definition) is 0. The lowest BCUT2D eigenvalue weighted by molar-refractivity contribution is -0.133. The van der Waals surface area contributed by atoms with E-state index in [0.717, 1.165) is 4.31 Å². The molecule has 5 nitrogen and oxygen atoms in total. The predicted molar refractivity (Wildman–Crippen MR) is 121 cm³/mol. The first-order valence-corrected chi connectivity index (χ1v) is 11.3. The molecule has 1 aromatic carbocycles. The number of rotatable bonds is 1. The molecule has 30 heavy (non-hydrogen) atoms. The number of hydrogen-bond acceptors (Lipinski definition) is 5. The Bertz CT molecular complexity index is 944. The maximum Gasteiger partial charge on any atom is 0.256 e. The number of fused-ring (bicyclic) bond motifs is 1. The summed E-state index contributed by atoms with van der Waals surface area (Å²) in [7, 11) is 0. The van der Waals surface area contributed by atoms with E-state index < -0.39 is 3.12 Å². The number of imide groups is 1. The molecule has 1 aliphatic heterocycles. The van der Waals surface area contributed by atoms with Crippen LogP contribution in [0.15, 0.2) is 12.2 Å². The number of carbonyl (C=O) groups is 2. The maximum atomic E-state index is 11.9. The van der Waals surface area contributed by atoms with Gasteiger partial charge in [-0.3, -0.25) is 9.59 Å². The first-order chi connectivity index (χ1) is 13.9. The minimum atomic E-state index is -1.69. The standard InChI is InChI=1S/C9H8Cl3NO2S.C8Cl4N2/c10-9(11,12)16-13-7(14)5-3-1-2-4-6(5)8(13)15;9-5-3(1-13)6(10)8(12)7(11)4(5)2-14/h1-2,5-6H,3-4H2;. The highest BCUT2D eigenvalue weighted by Gasteiger charge is 2.49. The largest absolute Gasteiger partial charge is 0.273 e. The Labute approximate surface area is 211 Å². The van der Waals surface area contributed by atoms with Gasteiger partial charge in [0.25, 0.3) is 3.12 Å².